The Morgan fingerprint density at radius 3 is 3.00 bits per heavy atom. The number of ether oxygens (including phenoxy) is 2. The zero-order chi connectivity index (χ0) is 14.4. The van der Waals surface area contributed by atoms with Crippen LogP contribution in [0.15, 0.2) is 18.2 Å². The molecule has 1 N–H and O–H groups in total. The van der Waals surface area contributed by atoms with Crippen LogP contribution in [0.4, 0.5) is 0 Å². The Morgan fingerprint density at radius 1 is 1.52 bits per heavy atom. The average molecular weight is 287 g/mol. The van der Waals surface area contributed by atoms with Gasteiger partial charge in [-0.2, -0.15) is 4.98 Å². The topological polar surface area (TPSA) is 67.4 Å². The zero-order valence-electron chi connectivity index (χ0n) is 11.9. The first kappa shape index (κ1) is 12.6. The number of likely N-dealkylation sites (tertiary alicyclic amines) is 1. The van der Waals surface area contributed by atoms with Gasteiger partial charge >= 0.3 is 0 Å². The molecule has 1 amide bonds. The number of carbonyl (C=O) groups is 1. The number of rotatable bonds is 3. The van der Waals surface area contributed by atoms with Gasteiger partial charge in [-0.3, -0.25) is 4.79 Å². The van der Waals surface area contributed by atoms with Gasteiger partial charge in [-0.25, -0.2) is 0 Å². The Morgan fingerprint density at radius 2 is 2.38 bits per heavy atom. The van der Waals surface area contributed by atoms with E-state index in [4.69, 9.17) is 9.47 Å². The smallest absolute Gasteiger partial charge is 0.294 e. The number of aromatic nitrogens is 2. The van der Waals surface area contributed by atoms with E-state index in [0.717, 1.165) is 24.0 Å². The molecule has 3 heterocycles. The number of carbonyl (C=O) groups excluding carboxylic acids is 1. The Balaban J connectivity index is 1.62. The summed E-state index contributed by atoms with van der Waals surface area (Å²) in [4.78, 5) is 21.9. The largest absolute Gasteiger partial charge is 0.465 e. The van der Waals surface area contributed by atoms with E-state index in [0.29, 0.717) is 31.4 Å². The van der Waals surface area contributed by atoms with Crippen LogP contribution in [0, 0.1) is 0 Å². The molecule has 6 heteroatoms. The molecule has 0 aliphatic carbocycles. The summed E-state index contributed by atoms with van der Waals surface area (Å²) in [5.41, 5.74) is 2.28. The first-order valence-electron chi connectivity index (χ1n) is 7.24. The minimum Gasteiger partial charge on any atom is -0.465 e. The summed E-state index contributed by atoms with van der Waals surface area (Å²) < 4.78 is 10.6. The number of amides is 1. The maximum atomic E-state index is 12.6. The molecule has 0 radical (unpaired) electrons. The molecule has 2 saturated heterocycles. The van der Waals surface area contributed by atoms with Gasteiger partial charge < -0.3 is 19.4 Å². The molecule has 6 nitrogen and oxygen atoms in total. The number of nitrogens with zero attached hydrogens (tertiary/aromatic N) is 2. The molecule has 110 valence electrons. The van der Waals surface area contributed by atoms with Gasteiger partial charge in [0.15, 0.2) is 0 Å². The lowest BCUT2D eigenvalue weighted by molar-refractivity contribution is -0.172. The fourth-order valence-corrected chi connectivity index (χ4v) is 2.97. The van der Waals surface area contributed by atoms with E-state index in [1.807, 2.05) is 30.0 Å². The standard InChI is InChI=1S/C15H17N3O3/c1-2-21-14-16-11-4-3-10(7-12(11)17-14)13(19)18-6-5-15(18)8-20-9-15/h3-4,7H,2,5-6,8-9H2,1H3,(H,16,17). The predicted octanol–water partition coefficient (Wildman–Crippen LogP) is 1.58. The Hall–Kier alpha value is -2.08. The summed E-state index contributed by atoms with van der Waals surface area (Å²) in [6.45, 7) is 4.61. The molecule has 2 fully saturated rings. The molecule has 1 spiro atoms. The zero-order valence-corrected chi connectivity index (χ0v) is 11.9. The van der Waals surface area contributed by atoms with Crippen LogP contribution in [0.5, 0.6) is 6.01 Å². The van der Waals surface area contributed by atoms with E-state index in [1.54, 1.807) is 0 Å². The summed E-state index contributed by atoms with van der Waals surface area (Å²) in [6, 6.07) is 6.02. The minimum absolute atomic E-state index is 0.0312. The number of H-pyrrole nitrogens is 1. The molecule has 2 aromatic rings. The van der Waals surface area contributed by atoms with Crippen molar-refractivity contribution < 1.29 is 14.3 Å². The summed E-state index contributed by atoms with van der Waals surface area (Å²) in [5, 5.41) is 0. The Kier molecular flexibility index (Phi) is 2.68. The minimum atomic E-state index is -0.0312. The van der Waals surface area contributed by atoms with E-state index in [9.17, 15) is 4.79 Å². The van der Waals surface area contributed by atoms with E-state index >= 15 is 0 Å². The number of benzene rings is 1. The van der Waals surface area contributed by atoms with Crippen LogP contribution in [-0.4, -0.2) is 52.7 Å². The summed E-state index contributed by atoms with van der Waals surface area (Å²) in [5.74, 6) is 0.0685. The predicted molar refractivity (Wildman–Crippen MR) is 76.5 cm³/mol. The van der Waals surface area contributed by atoms with Gasteiger partial charge in [0.05, 0.1) is 36.4 Å². The van der Waals surface area contributed by atoms with E-state index in [1.165, 1.54) is 0 Å². The number of hydrogen-bond acceptors (Lipinski definition) is 4. The van der Waals surface area contributed by atoms with Gasteiger partial charge in [0.1, 0.15) is 0 Å². The summed E-state index contributed by atoms with van der Waals surface area (Å²) in [6.07, 6.45) is 1.04. The molecule has 0 saturated carbocycles. The SMILES string of the molecule is CCOc1nc2ccc(C(=O)N3CCC34COC4)cc2[nH]1. The fourth-order valence-electron chi connectivity index (χ4n) is 2.97. The van der Waals surface area contributed by atoms with Crippen molar-refractivity contribution in [1.82, 2.24) is 14.9 Å². The molecular weight excluding hydrogens is 270 g/mol. The lowest BCUT2D eigenvalue weighted by Crippen LogP contribution is -2.72. The second-order valence-corrected chi connectivity index (χ2v) is 5.63. The first-order chi connectivity index (χ1) is 10.2. The van der Waals surface area contributed by atoms with Crippen LogP contribution in [-0.2, 0) is 4.74 Å². The van der Waals surface area contributed by atoms with Gasteiger partial charge in [-0.15, -0.1) is 0 Å². The van der Waals surface area contributed by atoms with Gasteiger partial charge in [0, 0.05) is 12.1 Å². The van der Waals surface area contributed by atoms with Crippen molar-refractivity contribution in [2.75, 3.05) is 26.4 Å². The van der Waals surface area contributed by atoms with Crippen LogP contribution in [0.2, 0.25) is 0 Å². The quantitative estimate of drug-likeness (QED) is 0.930. The average Bonchev–Trinajstić information content (AvgIpc) is 2.77. The molecule has 1 aromatic heterocycles. The van der Waals surface area contributed by atoms with E-state index in [-0.39, 0.29) is 11.4 Å². The number of fused-ring (bicyclic) bond motifs is 1. The lowest BCUT2D eigenvalue weighted by Gasteiger charge is -2.57. The maximum absolute atomic E-state index is 12.6. The first-order valence-corrected chi connectivity index (χ1v) is 7.24. The highest BCUT2D eigenvalue weighted by atomic mass is 16.5. The third kappa shape index (κ3) is 1.82. The molecule has 2 aliphatic heterocycles. The highest BCUT2D eigenvalue weighted by molar-refractivity contribution is 5.98. The highest BCUT2D eigenvalue weighted by Crippen LogP contribution is 2.38. The molecule has 2 aliphatic rings. The normalized spacial score (nSPS) is 19.4. The monoisotopic (exact) mass is 287 g/mol. The lowest BCUT2D eigenvalue weighted by atomic mass is 9.82. The van der Waals surface area contributed by atoms with E-state index in [2.05, 4.69) is 9.97 Å². The van der Waals surface area contributed by atoms with Crippen LogP contribution in [0.1, 0.15) is 23.7 Å². The maximum Gasteiger partial charge on any atom is 0.294 e. The summed E-state index contributed by atoms with van der Waals surface area (Å²) in [7, 11) is 0. The van der Waals surface area contributed by atoms with Crippen LogP contribution in [0.3, 0.4) is 0 Å². The second kappa shape index (κ2) is 4.46. The molecule has 0 atom stereocenters. The Bertz CT molecular complexity index is 700. The van der Waals surface area contributed by atoms with E-state index < -0.39 is 0 Å². The van der Waals surface area contributed by atoms with Crippen molar-refractivity contribution in [3.8, 4) is 6.01 Å². The van der Waals surface area contributed by atoms with Crippen molar-refractivity contribution in [2.24, 2.45) is 0 Å². The van der Waals surface area contributed by atoms with Crippen LogP contribution < -0.4 is 4.74 Å². The van der Waals surface area contributed by atoms with Crippen LogP contribution in [0.25, 0.3) is 11.0 Å². The molecule has 0 bridgehead atoms. The third-order valence-electron chi connectivity index (χ3n) is 4.35. The molecule has 1 aromatic carbocycles. The number of aromatic amines is 1. The Labute approximate surface area is 122 Å². The van der Waals surface area contributed by atoms with Crippen molar-refractivity contribution >= 4 is 16.9 Å². The number of imidazole rings is 1. The second-order valence-electron chi connectivity index (χ2n) is 5.63. The molecule has 21 heavy (non-hydrogen) atoms. The third-order valence-corrected chi connectivity index (χ3v) is 4.35. The highest BCUT2D eigenvalue weighted by Gasteiger charge is 2.53. The number of nitrogens with one attached hydrogen (secondary N) is 1. The van der Waals surface area contributed by atoms with Gasteiger partial charge in [0.2, 0.25) is 0 Å². The molecular formula is C15H17N3O3. The van der Waals surface area contributed by atoms with Gasteiger partial charge in [-0.05, 0) is 31.5 Å². The molecule has 0 unspecified atom stereocenters. The van der Waals surface area contributed by atoms with Crippen molar-refractivity contribution in [2.45, 2.75) is 18.9 Å². The van der Waals surface area contributed by atoms with Gasteiger partial charge in [0.25, 0.3) is 11.9 Å². The van der Waals surface area contributed by atoms with Gasteiger partial charge in [-0.1, -0.05) is 0 Å². The van der Waals surface area contributed by atoms with Crippen molar-refractivity contribution in [3.63, 3.8) is 0 Å². The number of hydrogen-bond donors (Lipinski definition) is 1. The fraction of sp³-hybridized carbons (Fsp3) is 0.467. The van der Waals surface area contributed by atoms with Crippen molar-refractivity contribution in [3.05, 3.63) is 23.8 Å². The summed E-state index contributed by atoms with van der Waals surface area (Å²) >= 11 is 0. The molecule has 4 rings (SSSR count). The van der Waals surface area contributed by atoms with Crippen LogP contribution >= 0.6 is 0 Å². The van der Waals surface area contributed by atoms with Crippen molar-refractivity contribution in [1.29, 1.82) is 0 Å².